The van der Waals surface area contributed by atoms with Gasteiger partial charge in [-0.3, -0.25) is 0 Å². The Balaban J connectivity index is 0.000000628. The smallest absolute Gasteiger partial charge is 0.0520 e. The monoisotopic (exact) mass is 643 g/mol. The van der Waals surface area contributed by atoms with E-state index >= 15 is 0 Å². The fourth-order valence-electron chi connectivity index (χ4n) is 8.92. The highest BCUT2D eigenvalue weighted by Crippen LogP contribution is 2.66. The summed E-state index contributed by atoms with van der Waals surface area (Å²) in [4.78, 5) is 0. The fraction of sp³-hybridized carbons (Fsp3) is 0.333. The van der Waals surface area contributed by atoms with Crippen molar-refractivity contribution in [1.82, 2.24) is 0 Å². The Morgan fingerprint density at radius 3 is 2.16 bits per heavy atom. The largest absolute Gasteiger partial charge is 0.330 e. The minimum Gasteiger partial charge on any atom is -0.330 e. The number of hydrogen-bond donors (Lipinski definition) is 1. The van der Waals surface area contributed by atoms with Crippen LogP contribution < -0.4 is 5.73 Å². The van der Waals surface area contributed by atoms with Gasteiger partial charge in [0.2, 0.25) is 0 Å². The maximum absolute atomic E-state index is 5.88. The van der Waals surface area contributed by atoms with Crippen LogP contribution in [0.25, 0.3) is 16.7 Å². The zero-order chi connectivity index (χ0) is 34.3. The molecule has 0 amide bonds. The molecule has 3 aliphatic rings. The number of hydrogen-bond acceptors (Lipinski definition) is 1. The number of fused-ring (bicyclic) bond motifs is 3. The second-order valence-corrected chi connectivity index (χ2v) is 14.5. The molecule has 0 saturated carbocycles. The van der Waals surface area contributed by atoms with E-state index in [0.717, 1.165) is 32.2 Å². The molecule has 0 radical (unpaired) electrons. The molecule has 0 fully saturated rings. The van der Waals surface area contributed by atoms with Gasteiger partial charge in [-0.05, 0) is 126 Å². The molecular formula is C48H53N. The number of unbranched alkanes of at least 4 members (excludes halogenated alkanes) is 1. The molecule has 1 nitrogen and oxygen atoms in total. The van der Waals surface area contributed by atoms with E-state index in [4.69, 9.17) is 5.73 Å². The minimum absolute atomic E-state index is 0.00408. The van der Waals surface area contributed by atoms with E-state index in [1.54, 1.807) is 5.57 Å². The molecule has 0 aliphatic heterocycles. The fourth-order valence-corrected chi connectivity index (χ4v) is 8.92. The van der Waals surface area contributed by atoms with Crippen LogP contribution in [0.5, 0.6) is 0 Å². The van der Waals surface area contributed by atoms with Crippen LogP contribution in [0, 0.1) is 30.1 Å². The molecule has 1 heteroatoms. The highest BCUT2D eigenvalue weighted by molar-refractivity contribution is 5.95. The summed E-state index contributed by atoms with van der Waals surface area (Å²) in [6.45, 7) is 10.4. The normalized spacial score (nSPS) is 21.9. The van der Waals surface area contributed by atoms with Crippen molar-refractivity contribution < 1.29 is 0 Å². The maximum Gasteiger partial charge on any atom is 0.0520 e. The van der Waals surface area contributed by atoms with E-state index in [1.807, 2.05) is 42.5 Å². The van der Waals surface area contributed by atoms with E-state index < -0.39 is 0 Å². The van der Waals surface area contributed by atoms with Crippen LogP contribution in [0.1, 0.15) is 99.1 Å². The molecule has 0 saturated heterocycles. The molecule has 0 aromatic heterocycles. The Morgan fingerprint density at radius 2 is 1.49 bits per heavy atom. The van der Waals surface area contributed by atoms with Crippen LogP contribution in [-0.2, 0) is 11.8 Å². The summed E-state index contributed by atoms with van der Waals surface area (Å²) >= 11 is 0. The van der Waals surface area contributed by atoms with Crippen molar-refractivity contribution in [2.75, 3.05) is 6.54 Å². The lowest BCUT2D eigenvalue weighted by Gasteiger charge is -2.52. The number of nitrogens with two attached hydrogens (primary N) is 1. The molecular weight excluding hydrogens is 591 g/mol. The van der Waals surface area contributed by atoms with Gasteiger partial charge in [0.1, 0.15) is 0 Å². The average molecular weight is 644 g/mol. The predicted molar refractivity (Wildman–Crippen MR) is 210 cm³/mol. The second-order valence-electron chi connectivity index (χ2n) is 14.5. The van der Waals surface area contributed by atoms with E-state index in [2.05, 4.69) is 118 Å². The van der Waals surface area contributed by atoms with E-state index in [-0.39, 0.29) is 10.8 Å². The molecule has 0 bridgehead atoms. The van der Waals surface area contributed by atoms with Crippen LogP contribution in [0.2, 0.25) is 0 Å². The summed E-state index contributed by atoms with van der Waals surface area (Å²) in [5.74, 6) is 7.02. The summed E-state index contributed by atoms with van der Waals surface area (Å²) in [5.41, 5.74) is 19.8. The van der Waals surface area contributed by atoms with Crippen LogP contribution in [0.4, 0.5) is 0 Å². The lowest BCUT2D eigenvalue weighted by atomic mass is 9.50. The van der Waals surface area contributed by atoms with Gasteiger partial charge in [0.05, 0.1) is 5.41 Å². The van der Waals surface area contributed by atoms with E-state index in [1.165, 1.54) is 75.8 Å². The van der Waals surface area contributed by atoms with Crippen molar-refractivity contribution in [3.8, 4) is 23.0 Å². The zero-order valence-electron chi connectivity index (χ0n) is 30.1. The van der Waals surface area contributed by atoms with Crippen molar-refractivity contribution in [2.24, 2.45) is 17.1 Å². The Labute approximate surface area is 296 Å². The quantitative estimate of drug-likeness (QED) is 0.143. The summed E-state index contributed by atoms with van der Waals surface area (Å²) < 4.78 is 0. The van der Waals surface area contributed by atoms with Crippen LogP contribution in [-0.4, -0.2) is 6.54 Å². The number of allylic oxidation sites excluding steroid dienone is 6. The first-order valence-corrected chi connectivity index (χ1v) is 18.5. The number of rotatable bonds is 9. The lowest BCUT2D eigenvalue weighted by molar-refractivity contribution is 0.162. The number of benzene rings is 4. The molecule has 3 unspecified atom stereocenters. The molecule has 250 valence electrons. The number of aryl methyl sites for hydroxylation is 2. The Morgan fingerprint density at radius 1 is 0.796 bits per heavy atom. The molecule has 2 N–H and O–H groups in total. The Hall–Kier alpha value is -4.38. The molecule has 3 atom stereocenters. The Bertz CT molecular complexity index is 1870. The van der Waals surface area contributed by atoms with E-state index in [9.17, 15) is 0 Å². The summed E-state index contributed by atoms with van der Waals surface area (Å²) in [7, 11) is 0. The average Bonchev–Trinajstić information content (AvgIpc) is 3.23. The van der Waals surface area contributed by atoms with Gasteiger partial charge in [0.25, 0.3) is 0 Å². The maximum atomic E-state index is 5.88. The van der Waals surface area contributed by atoms with Gasteiger partial charge >= 0.3 is 0 Å². The van der Waals surface area contributed by atoms with Crippen molar-refractivity contribution in [1.29, 1.82) is 0 Å². The van der Waals surface area contributed by atoms with Crippen LogP contribution in [0.3, 0.4) is 0 Å². The molecule has 0 heterocycles. The SMILES string of the molecule is CCCCC1=CCC(C)(C2(c3ccc(CCCN)cc3)c3cccc(C)c3-c3c(C4=CCC#CC=C4)cccc32)CC1C.c1ccccc1. The molecule has 4 aromatic carbocycles. The Kier molecular flexibility index (Phi) is 10.9. The van der Waals surface area contributed by atoms with Crippen molar-refractivity contribution in [3.05, 3.63) is 160 Å². The first-order valence-electron chi connectivity index (χ1n) is 18.5. The minimum atomic E-state index is -0.265. The lowest BCUT2D eigenvalue weighted by Crippen LogP contribution is -2.47. The summed E-state index contributed by atoms with van der Waals surface area (Å²) in [6.07, 6.45) is 18.0. The molecule has 4 aromatic rings. The van der Waals surface area contributed by atoms with Gasteiger partial charge in [-0.1, -0.05) is 154 Å². The third-order valence-electron chi connectivity index (χ3n) is 11.2. The van der Waals surface area contributed by atoms with Gasteiger partial charge < -0.3 is 5.73 Å². The van der Waals surface area contributed by atoms with Gasteiger partial charge in [-0.15, -0.1) is 0 Å². The van der Waals surface area contributed by atoms with Crippen LogP contribution >= 0.6 is 0 Å². The topological polar surface area (TPSA) is 26.0 Å². The zero-order valence-corrected chi connectivity index (χ0v) is 30.1. The van der Waals surface area contributed by atoms with Gasteiger partial charge in [0, 0.05) is 6.42 Å². The van der Waals surface area contributed by atoms with Crippen LogP contribution in [0.15, 0.2) is 127 Å². The van der Waals surface area contributed by atoms with Crippen molar-refractivity contribution in [2.45, 2.75) is 84.5 Å². The molecule has 0 spiro atoms. The van der Waals surface area contributed by atoms with Gasteiger partial charge in [-0.25, -0.2) is 0 Å². The van der Waals surface area contributed by atoms with Crippen molar-refractivity contribution >= 4 is 5.57 Å². The van der Waals surface area contributed by atoms with Gasteiger partial charge in [0.15, 0.2) is 0 Å². The third kappa shape index (κ3) is 6.65. The summed E-state index contributed by atoms with van der Waals surface area (Å²) in [5, 5.41) is 0. The first kappa shape index (κ1) is 34.5. The highest BCUT2D eigenvalue weighted by atomic mass is 14.6. The predicted octanol–water partition coefficient (Wildman–Crippen LogP) is 11.8. The van der Waals surface area contributed by atoms with Gasteiger partial charge in [-0.2, -0.15) is 0 Å². The summed E-state index contributed by atoms with van der Waals surface area (Å²) in [6, 6.07) is 35.8. The molecule has 49 heavy (non-hydrogen) atoms. The third-order valence-corrected chi connectivity index (χ3v) is 11.2. The second kappa shape index (κ2) is 15.4. The highest BCUT2D eigenvalue weighted by Gasteiger charge is 2.57. The van der Waals surface area contributed by atoms with Crippen molar-refractivity contribution in [3.63, 3.8) is 0 Å². The standard InChI is InChI=1S/C42H47N.C6H6/c1-5-6-16-33-26-27-41(4,29-31(33)3)42(35-24-22-32(23-25-35)15-13-28-43)37-20-11-14-30(2)39(37)40-36(19-12-21-38(40)42)34-17-9-7-8-10-18-34;1-2-4-6-5-3-1/h9,11-12,14,17-26,31H,5-6,10,13,15-16,27-29,43H2,1-4H3;1-6H. The molecule has 3 aliphatic carbocycles. The van der Waals surface area contributed by atoms with E-state index in [0.29, 0.717) is 5.92 Å². The first-order chi connectivity index (χ1) is 23.9. The molecule has 7 rings (SSSR count).